The molecule has 0 aliphatic heterocycles. The average Bonchev–Trinajstić information content (AvgIpc) is 3.02. The zero-order valence-corrected chi connectivity index (χ0v) is 28.6. The first kappa shape index (κ1) is 34.2. The number of halogens is 2. The summed E-state index contributed by atoms with van der Waals surface area (Å²) in [6.07, 6.45) is 0.242. The lowest BCUT2D eigenvalue weighted by atomic mass is 10.0. The Balaban J connectivity index is 1.81. The fourth-order valence-corrected chi connectivity index (χ4v) is 6.84. The molecule has 0 spiro atoms. The van der Waals surface area contributed by atoms with Crippen LogP contribution >= 0.6 is 27.5 Å². The second kappa shape index (κ2) is 15.6. The summed E-state index contributed by atoms with van der Waals surface area (Å²) in [5.41, 5.74) is 2.66. The van der Waals surface area contributed by atoms with Crippen LogP contribution in [0.25, 0.3) is 0 Å². The molecule has 0 bridgehead atoms. The molecule has 4 aromatic rings. The Hall–Kier alpha value is -3.66. The number of nitrogens with zero attached hydrogens (tertiary/aromatic N) is 2. The Labute approximate surface area is 279 Å². The van der Waals surface area contributed by atoms with Gasteiger partial charge >= 0.3 is 0 Å². The lowest BCUT2D eigenvalue weighted by molar-refractivity contribution is -0.140. The van der Waals surface area contributed by atoms with E-state index in [1.54, 1.807) is 36.4 Å². The predicted molar refractivity (Wildman–Crippen MR) is 184 cm³/mol. The van der Waals surface area contributed by atoms with Crippen LogP contribution in [-0.2, 0) is 32.6 Å². The Bertz CT molecular complexity index is 1720. The molecule has 0 aliphatic rings. The molecule has 10 heteroatoms. The average molecular weight is 711 g/mol. The third kappa shape index (κ3) is 9.19. The van der Waals surface area contributed by atoms with E-state index in [0.717, 1.165) is 25.5 Å². The third-order valence-corrected chi connectivity index (χ3v) is 9.94. The highest BCUT2D eigenvalue weighted by atomic mass is 79.9. The van der Waals surface area contributed by atoms with Crippen molar-refractivity contribution in [1.82, 2.24) is 10.2 Å². The van der Waals surface area contributed by atoms with Crippen molar-refractivity contribution in [3.05, 3.63) is 129 Å². The van der Waals surface area contributed by atoms with Gasteiger partial charge < -0.3 is 10.2 Å². The van der Waals surface area contributed by atoms with Crippen molar-refractivity contribution in [3.8, 4) is 0 Å². The molecule has 45 heavy (non-hydrogen) atoms. The minimum absolute atomic E-state index is 0.0311. The summed E-state index contributed by atoms with van der Waals surface area (Å²) in [7, 11) is -4.20. The molecular weight excluding hydrogens is 674 g/mol. The maximum absolute atomic E-state index is 14.5. The summed E-state index contributed by atoms with van der Waals surface area (Å²) < 4.78 is 30.1. The lowest BCUT2D eigenvalue weighted by Gasteiger charge is -2.34. The molecule has 0 unspecified atom stereocenters. The SMILES string of the molecule is Cc1ccc(N(CC(=O)N(Cc2cccc(Br)c2)[C@H](Cc2ccccc2)C(=O)NCC(C)C)S(=O)(=O)c2ccccc2)cc1Cl. The Morgan fingerprint density at radius 2 is 1.51 bits per heavy atom. The Kier molecular flexibility index (Phi) is 11.8. The largest absolute Gasteiger partial charge is 0.354 e. The van der Waals surface area contributed by atoms with Gasteiger partial charge in [-0.2, -0.15) is 0 Å². The number of carbonyl (C=O) groups excluding carboxylic acids is 2. The number of benzene rings is 4. The summed E-state index contributed by atoms with van der Waals surface area (Å²) in [6.45, 7) is 5.77. The van der Waals surface area contributed by atoms with Crippen LogP contribution in [0.2, 0.25) is 5.02 Å². The number of sulfonamides is 1. The second-order valence-corrected chi connectivity index (χ2v) is 14.4. The van der Waals surface area contributed by atoms with Crippen LogP contribution < -0.4 is 9.62 Å². The van der Waals surface area contributed by atoms with Crippen molar-refractivity contribution in [2.45, 2.75) is 44.7 Å². The van der Waals surface area contributed by atoms with Gasteiger partial charge in [0.1, 0.15) is 12.6 Å². The monoisotopic (exact) mass is 709 g/mol. The number of aryl methyl sites for hydroxylation is 1. The van der Waals surface area contributed by atoms with Gasteiger partial charge in [0.2, 0.25) is 11.8 Å². The normalized spacial score (nSPS) is 12.0. The number of hydrogen-bond donors (Lipinski definition) is 1. The summed E-state index contributed by atoms with van der Waals surface area (Å²) in [6, 6.07) is 28.9. The van der Waals surface area contributed by atoms with E-state index in [-0.39, 0.29) is 35.4 Å². The van der Waals surface area contributed by atoms with Crippen molar-refractivity contribution in [1.29, 1.82) is 0 Å². The minimum atomic E-state index is -4.20. The molecular formula is C35H37BrClN3O4S. The molecule has 4 aromatic carbocycles. The number of amides is 2. The minimum Gasteiger partial charge on any atom is -0.354 e. The van der Waals surface area contributed by atoms with E-state index in [0.29, 0.717) is 11.6 Å². The summed E-state index contributed by atoms with van der Waals surface area (Å²) in [5, 5.41) is 3.37. The lowest BCUT2D eigenvalue weighted by Crippen LogP contribution is -2.53. The van der Waals surface area contributed by atoms with Crippen LogP contribution in [0, 0.1) is 12.8 Å². The Morgan fingerprint density at radius 3 is 2.13 bits per heavy atom. The van der Waals surface area contributed by atoms with E-state index in [1.165, 1.54) is 17.0 Å². The van der Waals surface area contributed by atoms with Gasteiger partial charge in [-0.05, 0) is 65.9 Å². The van der Waals surface area contributed by atoms with Crippen LogP contribution in [0.3, 0.4) is 0 Å². The van der Waals surface area contributed by atoms with Crippen LogP contribution in [0.1, 0.15) is 30.5 Å². The molecule has 4 rings (SSSR count). The molecule has 0 radical (unpaired) electrons. The highest BCUT2D eigenvalue weighted by Gasteiger charge is 2.34. The molecule has 7 nitrogen and oxygen atoms in total. The summed E-state index contributed by atoms with van der Waals surface area (Å²) in [4.78, 5) is 29.9. The molecule has 0 saturated heterocycles. The van der Waals surface area contributed by atoms with Gasteiger partial charge in [-0.15, -0.1) is 0 Å². The van der Waals surface area contributed by atoms with Crippen LogP contribution in [-0.4, -0.2) is 44.3 Å². The van der Waals surface area contributed by atoms with E-state index >= 15 is 0 Å². The molecule has 0 saturated carbocycles. The maximum Gasteiger partial charge on any atom is 0.264 e. The van der Waals surface area contributed by atoms with Crippen molar-refractivity contribution >= 4 is 55.1 Å². The zero-order chi connectivity index (χ0) is 32.6. The number of anilines is 1. The molecule has 2 amide bonds. The van der Waals surface area contributed by atoms with Gasteiger partial charge in [0.05, 0.1) is 10.6 Å². The van der Waals surface area contributed by atoms with E-state index in [4.69, 9.17) is 11.6 Å². The van der Waals surface area contributed by atoms with E-state index < -0.39 is 28.5 Å². The van der Waals surface area contributed by atoms with Crippen LogP contribution in [0.4, 0.5) is 5.69 Å². The van der Waals surface area contributed by atoms with Crippen molar-refractivity contribution in [2.24, 2.45) is 5.92 Å². The third-order valence-electron chi connectivity index (χ3n) is 7.25. The number of nitrogens with one attached hydrogen (secondary N) is 1. The Morgan fingerprint density at radius 1 is 0.867 bits per heavy atom. The van der Waals surface area contributed by atoms with Gasteiger partial charge in [0, 0.05) is 29.0 Å². The van der Waals surface area contributed by atoms with Gasteiger partial charge in [-0.3, -0.25) is 13.9 Å². The van der Waals surface area contributed by atoms with Gasteiger partial charge in [0.25, 0.3) is 10.0 Å². The molecule has 236 valence electrons. The predicted octanol–water partition coefficient (Wildman–Crippen LogP) is 7.02. The van der Waals surface area contributed by atoms with Crippen LogP contribution in [0.5, 0.6) is 0 Å². The fraction of sp³-hybridized carbons (Fsp3) is 0.257. The number of hydrogen-bond acceptors (Lipinski definition) is 4. The van der Waals surface area contributed by atoms with Crippen LogP contribution in [0.15, 0.2) is 112 Å². The fourth-order valence-electron chi connectivity index (χ4n) is 4.79. The van der Waals surface area contributed by atoms with E-state index in [9.17, 15) is 18.0 Å². The number of rotatable bonds is 13. The quantitative estimate of drug-likeness (QED) is 0.162. The first-order chi connectivity index (χ1) is 21.5. The zero-order valence-electron chi connectivity index (χ0n) is 25.5. The highest BCUT2D eigenvalue weighted by molar-refractivity contribution is 9.10. The topological polar surface area (TPSA) is 86.8 Å². The smallest absolute Gasteiger partial charge is 0.264 e. The van der Waals surface area contributed by atoms with Gasteiger partial charge in [-0.25, -0.2) is 8.42 Å². The first-order valence-corrected chi connectivity index (χ1v) is 17.3. The standard InChI is InChI=1S/C35H37BrClN3O4S/c1-25(2)22-38-35(42)33(20-27-11-6-4-7-12-27)39(23-28-13-10-14-29(36)19-28)34(41)24-40(30-18-17-26(3)32(37)21-30)45(43,44)31-15-8-5-9-16-31/h4-19,21,25,33H,20,22-24H2,1-3H3,(H,38,42)/t33-/m1/s1. The molecule has 0 aliphatic carbocycles. The van der Waals surface area contributed by atoms with E-state index in [2.05, 4.69) is 21.2 Å². The number of carbonyl (C=O) groups is 2. The molecule has 0 fully saturated rings. The summed E-state index contributed by atoms with van der Waals surface area (Å²) in [5.74, 6) is -0.656. The van der Waals surface area contributed by atoms with Gasteiger partial charge in [0.15, 0.2) is 0 Å². The molecule has 1 N–H and O–H groups in total. The maximum atomic E-state index is 14.5. The molecule has 1 atom stereocenters. The van der Waals surface area contributed by atoms with Crippen molar-refractivity contribution in [3.63, 3.8) is 0 Å². The van der Waals surface area contributed by atoms with Crippen molar-refractivity contribution in [2.75, 3.05) is 17.4 Å². The highest BCUT2D eigenvalue weighted by Crippen LogP contribution is 2.29. The molecule has 0 aromatic heterocycles. The van der Waals surface area contributed by atoms with Crippen molar-refractivity contribution < 1.29 is 18.0 Å². The second-order valence-electron chi connectivity index (χ2n) is 11.3. The summed E-state index contributed by atoms with van der Waals surface area (Å²) >= 11 is 9.95. The first-order valence-electron chi connectivity index (χ1n) is 14.6. The van der Waals surface area contributed by atoms with Gasteiger partial charge in [-0.1, -0.05) is 108 Å². The van der Waals surface area contributed by atoms with E-state index in [1.807, 2.05) is 75.4 Å². The molecule has 0 heterocycles.